The minimum Gasteiger partial charge on any atom is -0.352 e. The van der Waals surface area contributed by atoms with Crippen LogP contribution in [0.1, 0.15) is 30.7 Å². The lowest BCUT2D eigenvalue weighted by Crippen LogP contribution is -2.50. The standard InChI is InChI=1S/C22H31N7O.HI/c1-23-22(27-19-7-8-20-25-16-26-29(20)15-19)24-14-21(30)28-11-9-18(10-12-28)13-17-5-3-2-4-6-17;/h2-6,16,18-19H,7-15H2,1H3,(H2,23,24,27);1H. The molecule has 168 valence electrons. The van der Waals surface area contributed by atoms with E-state index in [1.807, 2.05) is 9.58 Å². The molecule has 0 aliphatic carbocycles. The number of hydrogen-bond donors (Lipinski definition) is 2. The van der Waals surface area contributed by atoms with Gasteiger partial charge in [-0.15, -0.1) is 24.0 Å². The molecule has 2 N–H and O–H groups in total. The average Bonchev–Trinajstić information content (AvgIpc) is 3.25. The number of nitrogens with one attached hydrogen (secondary N) is 2. The highest BCUT2D eigenvalue weighted by atomic mass is 127. The van der Waals surface area contributed by atoms with Crippen LogP contribution in [0.5, 0.6) is 0 Å². The first-order valence-corrected chi connectivity index (χ1v) is 10.9. The van der Waals surface area contributed by atoms with Gasteiger partial charge in [-0.1, -0.05) is 30.3 Å². The van der Waals surface area contributed by atoms with E-state index in [-0.39, 0.29) is 42.5 Å². The van der Waals surface area contributed by atoms with Crippen LogP contribution in [0.3, 0.4) is 0 Å². The summed E-state index contributed by atoms with van der Waals surface area (Å²) < 4.78 is 1.93. The number of likely N-dealkylation sites (tertiary alicyclic amines) is 1. The molecule has 2 aromatic rings. The zero-order valence-electron chi connectivity index (χ0n) is 18.0. The molecule has 1 amide bonds. The molecule has 0 bridgehead atoms. The fraction of sp³-hybridized carbons (Fsp3) is 0.545. The van der Waals surface area contributed by atoms with Gasteiger partial charge in [0.15, 0.2) is 5.96 Å². The minimum absolute atomic E-state index is 0. The number of amides is 1. The molecule has 0 spiro atoms. The molecule has 8 nitrogen and oxygen atoms in total. The number of rotatable bonds is 5. The quantitative estimate of drug-likeness (QED) is 0.346. The van der Waals surface area contributed by atoms with Gasteiger partial charge in [-0.3, -0.25) is 9.79 Å². The number of aromatic nitrogens is 3. The summed E-state index contributed by atoms with van der Waals surface area (Å²) in [7, 11) is 1.73. The molecule has 1 fully saturated rings. The topological polar surface area (TPSA) is 87.4 Å². The number of fused-ring (bicyclic) bond motifs is 1. The third-order valence-electron chi connectivity index (χ3n) is 6.11. The van der Waals surface area contributed by atoms with Crippen LogP contribution in [0.25, 0.3) is 0 Å². The van der Waals surface area contributed by atoms with Crippen molar-refractivity contribution in [3.8, 4) is 0 Å². The molecular weight excluding hydrogens is 505 g/mol. The van der Waals surface area contributed by atoms with Crippen LogP contribution < -0.4 is 10.6 Å². The summed E-state index contributed by atoms with van der Waals surface area (Å²) in [5.41, 5.74) is 1.39. The third kappa shape index (κ3) is 6.41. The fourth-order valence-electron chi connectivity index (χ4n) is 4.35. The first-order valence-electron chi connectivity index (χ1n) is 10.9. The number of aryl methyl sites for hydroxylation is 1. The van der Waals surface area contributed by atoms with Gasteiger partial charge < -0.3 is 15.5 Å². The Balaban J connectivity index is 0.00000272. The molecule has 31 heavy (non-hydrogen) atoms. The lowest BCUT2D eigenvalue weighted by atomic mass is 9.90. The predicted octanol–water partition coefficient (Wildman–Crippen LogP) is 1.86. The van der Waals surface area contributed by atoms with E-state index < -0.39 is 0 Å². The molecule has 2 aliphatic heterocycles. The highest BCUT2D eigenvalue weighted by Gasteiger charge is 2.24. The Bertz CT molecular complexity index is 862. The Hall–Kier alpha value is -2.17. The van der Waals surface area contributed by atoms with Crippen molar-refractivity contribution in [2.75, 3.05) is 26.7 Å². The van der Waals surface area contributed by atoms with E-state index in [9.17, 15) is 4.79 Å². The summed E-state index contributed by atoms with van der Waals surface area (Å²) in [5.74, 6) is 2.49. The number of aliphatic imine (C=N–C) groups is 1. The van der Waals surface area contributed by atoms with Crippen molar-refractivity contribution in [3.63, 3.8) is 0 Å². The minimum atomic E-state index is 0. The molecular formula is C22H32IN7O. The molecule has 1 aromatic heterocycles. The normalized spacial score (nSPS) is 19.3. The predicted molar refractivity (Wildman–Crippen MR) is 131 cm³/mol. The van der Waals surface area contributed by atoms with Gasteiger partial charge >= 0.3 is 0 Å². The molecule has 2 aliphatic rings. The van der Waals surface area contributed by atoms with E-state index in [1.54, 1.807) is 13.4 Å². The summed E-state index contributed by atoms with van der Waals surface area (Å²) in [6, 6.07) is 10.9. The van der Waals surface area contributed by atoms with Crippen LogP contribution in [0, 0.1) is 5.92 Å². The average molecular weight is 537 g/mol. The highest BCUT2D eigenvalue weighted by molar-refractivity contribution is 14.0. The molecule has 1 atom stereocenters. The van der Waals surface area contributed by atoms with E-state index in [2.05, 4.69) is 56.0 Å². The van der Waals surface area contributed by atoms with Crippen LogP contribution in [0.15, 0.2) is 41.7 Å². The number of halogens is 1. The maximum atomic E-state index is 12.7. The zero-order valence-corrected chi connectivity index (χ0v) is 20.4. The molecule has 9 heteroatoms. The van der Waals surface area contributed by atoms with Crippen molar-refractivity contribution in [1.29, 1.82) is 0 Å². The molecule has 4 rings (SSSR count). The van der Waals surface area contributed by atoms with E-state index >= 15 is 0 Å². The van der Waals surface area contributed by atoms with Gasteiger partial charge in [-0.25, -0.2) is 9.67 Å². The van der Waals surface area contributed by atoms with Crippen LogP contribution in [-0.4, -0.2) is 64.3 Å². The van der Waals surface area contributed by atoms with Gasteiger partial charge in [-0.05, 0) is 37.2 Å². The molecule has 0 saturated carbocycles. The van der Waals surface area contributed by atoms with Crippen molar-refractivity contribution in [3.05, 3.63) is 48.0 Å². The summed E-state index contributed by atoms with van der Waals surface area (Å²) in [5, 5.41) is 10.8. The van der Waals surface area contributed by atoms with E-state index in [4.69, 9.17) is 0 Å². The van der Waals surface area contributed by atoms with Crippen molar-refractivity contribution in [2.24, 2.45) is 10.9 Å². The Morgan fingerprint density at radius 2 is 1.97 bits per heavy atom. The molecule has 1 aromatic carbocycles. The SMILES string of the molecule is CN=C(NCC(=O)N1CCC(Cc2ccccc2)CC1)NC1CCc2ncnn2C1.I. The second-order valence-electron chi connectivity index (χ2n) is 8.18. The van der Waals surface area contributed by atoms with Crippen molar-refractivity contribution >= 4 is 35.8 Å². The van der Waals surface area contributed by atoms with Gasteiger partial charge in [0.1, 0.15) is 12.2 Å². The maximum Gasteiger partial charge on any atom is 0.241 e. The number of benzene rings is 1. The van der Waals surface area contributed by atoms with Crippen molar-refractivity contribution in [1.82, 2.24) is 30.3 Å². The summed E-state index contributed by atoms with van der Waals surface area (Å²) >= 11 is 0. The van der Waals surface area contributed by atoms with Crippen molar-refractivity contribution < 1.29 is 4.79 Å². The van der Waals surface area contributed by atoms with Gasteiger partial charge in [-0.2, -0.15) is 5.10 Å². The first-order chi connectivity index (χ1) is 14.7. The van der Waals surface area contributed by atoms with Gasteiger partial charge in [0.2, 0.25) is 5.91 Å². The van der Waals surface area contributed by atoms with Crippen LogP contribution in [-0.2, 0) is 24.2 Å². The highest BCUT2D eigenvalue weighted by Crippen LogP contribution is 2.21. The summed E-state index contributed by atoms with van der Waals surface area (Å²) in [4.78, 5) is 23.2. The third-order valence-corrected chi connectivity index (χ3v) is 6.11. The van der Waals surface area contributed by atoms with Crippen LogP contribution >= 0.6 is 24.0 Å². The van der Waals surface area contributed by atoms with E-state index in [1.165, 1.54) is 5.56 Å². The fourth-order valence-corrected chi connectivity index (χ4v) is 4.35. The van der Waals surface area contributed by atoms with E-state index in [0.29, 0.717) is 11.9 Å². The molecule has 0 radical (unpaired) electrons. The van der Waals surface area contributed by atoms with Gasteiger partial charge in [0, 0.05) is 32.6 Å². The van der Waals surface area contributed by atoms with E-state index in [0.717, 1.165) is 57.6 Å². The number of piperidine rings is 1. The number of carbonyl (C=O) groups excluding carboxylic acids is 1. The van der Waals surface area contributed by atoms with Crippen molar-refractivity contribution in [2.45, 2.75) is 44.7 Å². The molecule has 1 unspecified atom stereocenters. The number of guanidine groups is 1. The first kappa shape index (κ1) is 23.5. The van der Waals surface area contributed by atoms with Crippen LogP contribution in [0.4, 0.5) is 0 Å². The van der Waals surface area contributed by atoms with Crippen LogP contribution in [0.2, 0.25) is 0 Å². The monoisotopic (exact) mass is 537 g/mol. The summed E-state index contributed by atoms with van der Waals surface area (Å²) in [6.07, 6.45) is 6.71. The summed E-state index contributed by atoms with van der Waals surface area (Å²) in [6.45, 7) is 2.70. The Kier molecular flexibility index (Phi) is 8.68. The Morgan fingerprint density at radius 3 is 2.71 bits per heavy atom. The lowest BCUT2D eigenvalue weighted by Gasteiger charge is -2.32. The number of carbonyl (C=O) groups is 1. The number of nitrogens with zero attached hydrogens (tertiary/aromatic N) is 5. The lowest BCUT2D eigenvalue weighted by molar-refractivity contribution is -0.131. The molecule has 3 heterocycles. The Morgan fingerprint density at radius 1 is 1.19 bits per heavy atom. The zero-order chi connectivity index (χ0) is 20.8. The van der Waals surface area contributed by atoms with Gasteiger partial charge in [0.25, 0.3) is 0 Å². The largest absolute Gasteiger partial charge is 0.352 e. The van der Waals surface area contributed by atoms with Gasteiger partial charge in [0.05, 0.1) is 13.1 Å². The Labute approximate surface area is 200 Å². The maximum absolute atomic E-state index is 12.7. The smallest absolute Gasteiger partial charge is 0.241 e. The number of hydrogen-bond acceptors (Lipinski definition) is 4. The second kappa shape index (κ2) is 11.4. The molecule has 1 saturated heterocycles. The second-order valence-corrected chi connectivity index (χ2v) is 8.18.